The Morgan fingerprint density at radius 3 is 2.16 bits per heavy atom. The maximum absolute atomic E-state index is 2.33. The van der Waals surface area contributed by atoms with Gasteiger partial charge >= 0.3 is 125 Å². The summed E-state index contributed by atoms with van der Waals surface area (Å²) in [5, 5.41) is 0. The average Bonchev–Trinajstić information content (AvgIpc) is 2.69. The third-order valence-corrected chi connectivity index (χ3v) is 3.93. The van der Waals surface area contributed by atoms with Crippen molar-refractivity contribution in [3.8, 4) is 11.1 Å². The Hall–Kier alpha value is -1.22. The topological polar surface area (TPSA) is 0 Å². The zero-order valence-corrected chi connectivity index (χ0v) is 12.1. The number of hydrogen-bond acceptors (Lipinski definition) is 0. The van der Waals surface area contributed by atoms with Crippen LogP contribution in [0.1, 0.15) is 32.4 Å². The summed E-state index contributed by atoms with van der Waals surface area (Å²) >= 11 is 2.27. The van der Waals surface area contributed by atoms with Crippen molar-refractivity contribution < 1.29 is 0 Å². The SMILES string of the molecule is [Li][CH]1C=Cc2c(-c3cc(C)cc(C)c3)cc(C)cc21. The van der Waals surface area contributed by atoms with E-state index in [1.54, 1.807) is 0 Å². The fraction of sp³-hybridized carbons (Fsp3) is 0.222. The maximum atomic E-state index is 2.33. The first kappa shape index (κ1) is 12.8. The van der Waals surface area contributed by atoms with Crippen LogP contribution in [0.4, 0.5) is 0 Å². The van der Waals surface area contributed by atoms with E-state index in [2.05, 4.69) is 81.0 Å². The van der Waals surface area contributed by atoms with Crippen molar-refractivity contribution >= 4 is 23.8 Å². The van der Waals surface area contributed by atoms with Crippen molar-refractivity contribution in [2.75, 3.05) is 0 Å². The Labute approximate surface area is 124 Å². The quantitative estimate of drug-likeness (QED) is 0.643. The summed E-state index contributed by atoms with van der Waals surface area (Å²) in [6, 6.07) is 11.5. The zero-order chi connectivity index (χ0) is 13.6. The predicted molar refractivity (Wildman–Crippen MR) is 83.6 cm³/mol. The molecule has 90 valence electrons. The van der Waals surface area contributed by atoms with Crippen molar-refractivity contribution in [1.29, 1.82) is 0 Å². The molecule has 0 fully saturated rings. The fourth-order valence-electron chi connectivity index (χ4n) is 3.10. The van der Waals surface area contributed by atoms with E-state index in [4.69, 9.17) is 0 Å². The minimum atomic E-state index is 0.541. The summed E-state index contributed by atoms with van der Waals surface area (Å²) < 4.78 is 0.541. The van der Waals surface area contributed by atoms with Crippen LogP contribution >= 0.6 is 0 Å². The van der Waals surface area contributed by atoms with Crippen LogP contribution < -0.4 is 0 Å². The minimum absolute atomic E-state index is 0.541. The van der Waals surface area contributed by atoms with Gasteiger partial charge in [-0.25, -0.2) is 0 Å². The molecule has 0 bridgehead atoms. The molecule has 0 aliphatic heterocycles. The first-order valence-electron chi connectivity index (χ1n) is 6.96. The van der Waals surface area contributed by atoms with Crippen LogP contribution in [0.25, 0.3) is 17.2 Å². The normalized spacial score (nSPS) is 16.8. The molecule has 0 saturated carbocycles. The molecule has 19 heavy (non-hydrogen) atoms. The summed E-state index contributed by atoms with van der Waals surface area (Å²) in [4.78, 5) is 0. The number of fused-ring (bicyclic) bond motifs is 1. The Morgan fingerprint density at radius 1 is 0.842 bits per heavy atom. The molecule has 0 nitrogen and oxygen atoms in total. The Balaban J connectivity index is 2.26. The van der Waals surface area contributed by atoms with Gasteiger partial charge in [0, 0.05) is 0 Å². The second kappa shape index (κ2) is 4.71. The van der Waals surface area contributed by atoms with Crippen LogP contribution in [0.3, 0.4) is 0 Å². The van der Waals surface area contributed by atoms with Gasteiger partial charge in [0.15, 0.2) is 0 Å². The molecule has 1 aliphatic rings. The van der Waals surface area contributed by atoms with Crippen LogP contribution in [-0.2, 0) is 0 Å². The van der Waals surface area contributed by atoms with Crippen LogP contribution in [0, 0.1) is 20.8 Å². The molecule has 3 rings (SSSR count). The van der Waals surface area contributed by atoms with E-state index >= 15 is 0 Å². The van der Waals surface area contributed by atoms with Gasteiger partial charge < -0.3 is 0 Å². The van der Waals surface area contributed by atoms with Crippen LogP contribution in [-0.4, -0.2) is 17.7 Å². The molecule has 1 unspecified atom stereocenters. The molecule has 2 aromatic rings. The number of aryl methyl sites for hydroxylation is 3. The van der Waals surface area contributed by atoms with Gasteiger partial charge in [0.1, 0.15) is 0 Å². The van der Waals surface area contributed by atoms with E-state index in [0.717, 1.165) is 0 Å². The number of benzene rings is 2. The molecule has 1 heteroatoms. The summed E-state index contributed by atoms with van der Waals surface area (Å²) in [6.45, 7) is 6.54. The monoisotopic (exact) mass is 240 g/mol. The molecular formula is C18H17Li. The molecule has 1 atom stereocenters. The van der Waals surface area contributed by atoms with Crippen molar-refractivity contribution in [2.24, 2.45) is 0 Å². The third-order valence-electron chi connectivity index (χ3n) is 3.93. The Kier molecular flexibility index (Phi) is 3.17. The summed E-state index contributed by atoms with van der Waals surface area (Å²) in [6.07, 6.45) is 4.59. The molecule has 1 aliphatic carbocycles. The van der Waals surface area contributed by atoms with E-state index in [1.807, 2.05) is 0 Å². The molecule has 0 amide bonds. The van der Waals surface area contributed by atoms with E-state index in [9.17, 15) is 0 Å². The van der Waals surface area contributed by atoms with Gasteiger partial charge in [-0.1, -0.05) is 0 Å². The Morgan fingerprint density at radius 2 is 1.47 bits per heavy atom. The number of hydrogen-bond donors (Lipinski definition) is 0. The number of allylic oxidation sites excluding steroid dienone is 1. The second-order valence-electron chi connectivity index (χ2n) is 5.84. The Bertz CT molecular complexity index is 660. The zero-order valence-electron chi connectivity index (χ0n) is 12.1. The number of rotatable bonds is 1. The molecule has 0 spiro atoms. The van der Waals surface area contributed by atoms with Gasteiger partial charge in [0.05, 0.1) is 0 Å². The molecular weight excluding hydrogens is 223 g/mol. The molecule has 0 aromatic heterocycles. The summed E-state index contributed by atoms with van der Waals surface area (Å²) in [5.41, 5.74) is 9.61. The molecule has 0 radical (unpaired) electrons. The van der Waals surface area contributed by atoms with Crippen molar-refractivity contribution in [2.45, 2.75) is 25.4 Å². The molecule has 2 aromatic carbocycles. The van der Waals surface area contributed by atoms with Gasteiger partial charge in [0.2, 0.25) is 0 Å². The van der Waals surface area contributed by atoms with Crippen LogP contribution in [0.2, 0.25) is 0 Å². The van der Waals surface area contributed by atoms with Crippen molar-refractivity contribution in [1.82, 2.24) is 0 Å². The average molecular weight is 240 g/mol. The second-order valence-corrected chi connectivity index (χ2v) is 5.84. The van der Waals surface area contributed by atoms with Crippen molar-refractivity contribution in [3.63, 3.8) is 0 Å². The van der Waals surface area contributed by atoms with Gasteiger partial charge in [-0.3, -0.25) is 0 Å². The van der Waals surface area contributed by atoms with E-state index in [0.29, 0.717) is 4.59 Å². The molecule has 0 saturated heterocycles. The van der Waals surface area contributed by atoms with Gasteiger partial charge in [0.25, 0.3) is 0 Å². The fourth-order valence-corrected chi connectivity index (χ4v) is 3.10. The summed E-state index contributed by atoms with van der Waals surface area (Å²) in [7, 11) is 0. The molecule has 0 N–H and O–H groups in total. The first-order chi connectivity index (χ1) is 9.04. The van der Waals surface area contributed by atoms with Crippen LogP contribution in [0.15, 0.2) is 36.4 Å². The standard InChI is InChI=1S/C18H17.Li/c1-12-7-13(2)10-16(9-12)18-11-14(3)8-15-5-4-6-17(15)18;/h4-11H,1-3H3;. The predicted octanol–water partition coefficient (Wildman–Crippen LogP) is 4.52. The van der Waals surface area contributed by atoms with Crippen molar-refractivity contribution in [3.05, 3.63) is 64.2 Å². The van der Waals surface area contributed by atoms with E-state index in [-0.39, 0.29) is 0 Å². The summed E-state index contributed by atoms with van der Waals surface area (Å²) in [5.74, 6) is 0. The third kappa shape index (κ3) is 2.32. The van der Waals surface area contributed by atoms with Gasteiger partial charge in [-0.05, 0) is 0 Å². The van der Waals surface area contributed by atoms with Gasteiger partial charge in [-0.2, -0.15) is 0 Å². The van der Waals surface area contributed by atoms with E-state index in [1.165, 1.54) is 38.9 Å². The first-order valence-corrected chi connectivity index (χ1v) is 6.96. The van der Waals surface area contributed by atoms with Crippen LogP contribution in [0.5, 0.6) is 0 Å². The molecule has 0 heterocycles. The van der Waals surface area contributed by atoms with Gasteiger partial charge in [-0.15, -0.1) is 0 Å². The van der Waals surface area contributed by atoms with E-state index < -0.39 is 0 Å².